The van der Waals surface area contributed by atoms with Crippen molar-refractivity contribution in [2.24, 2.45) is 17.8 Å². The van der Waals surface area contributed by atoms with E-state index in [1.165, 1.54) is 4.57 Å². The average molecular weight is 457 g/mol. The molecule has 2 aromatic rings. The van der Waals surface area contributed by atoms with E-state index in [4.69, 9.17) is 5.11 Å². The lowest BCUT2D eigenvalue weighted by Gasteiger charge is -2.36. The molecule has 1 aliphatic heterocycles. The summed E-state index contributed by atoms with van der Waals surface area (Å²) in [5, 5.41) is 12.2. The zero-order valence-electron chi connectivity index (χ0n) is 19.7. The molecule has 8 heteroatoms. The number of amides is 1. The zero-order chi connectivity index (χ0) is 23.5. The molecular weight excluding hydrogens is 420 g/mol. The number of fused-ring (bicyclic) bond motifs is 1. The molecule has 33 heavy (non-hydrogen) atoms. The van der Waals surface area contributed by atoms with Crippen molar-refractivity contribution in [1.82, 2.24) is 19.4 Å². The number of nitrogens with one attached hydrogen (secondary N) is 1. The molecule has 1 amide bonds. The maximum atomic E-state index is 12.9. The Hall–Kier alpha value is -2.61. The first-order valence-electron chi connectivity index (χ1n) is 12.3. The Kier molecular flexibility index (Phi) is 7.22. The van der Waals surface area contributed by atoms with Gasteiger partial charge in [0.2, 0.25) is 0 Å². The van der Waals surface area contributed by atoms with Gasteiger partial charge in [0.25, 0.3) is 0 Å². The highest BCUT2D eigenvalue weighted by Gasteiger charge is 2.28. The van der Waals surface area contributed by atoms with Crippen LogP contribution in [-0.4, -0.2) is 57.3 Å². The molecule has 2 heterocycles. The van der Waals surface area contributed by atoms with Gasteiger partial charge in [-0.1, -0.05) is 12.1 Å². The maximum Gasteiger partial charge on any atom is 0.337 e. The number of carbonyl (C=O) groups excluding carboxylic acids is 1. The predicted molar refractivity (Wildman–Crippen MR) is 128 cm³/mol. The summed E-state index contributed by atoms with van der Waals surface area (Å²) in [4.78, 5) is 39.5. The fourth-order valence-corrected chi connectivity index (χ4v) is 5.51. The van der Waals surface area contributed by atoms with Crippen LogP contribution in [0, 0.1) is 17.8 Å². The Balaban J connectivity index is 1.28. The van der Waals surface area contributed by atoms with Crippen molar-refractivity contribution in [3.63, 3.8) is 0 Å². The highest BCUT2D eigenvalue weighted by molar-refractivity contribution is 5.89. The molecule has 2 fully saturated rings. The summed E-state index contributed by atoms with van der Waals surface area (Å²) >= 11 is 0. The molecule has 1 aliphatic carbocycles. The molecule has 0 atom stereocenters. The molecule has 0 spiro atoms. The topological polar surface area (TPSA) is 96.6 Å². The number of para-hydroxylation sites is 2. The SMILES string of the molecule is CC(C)n1c(=O)n(C(=O)NCC2CCN(CC3CCC(C(=O)O)CC3)CC2)c2ccccc21. The molecule has 1 saturated carbocycles. The van der Waals surface area contributed by atoms with E-state index in [1.54, 1.807) is 4.57 Å². The van der Waals surface area contributed by atoms with Gasteiger partial charge in [0.05, 0.1) is 17.0 Å². The van der Waals surface area contributed by atoms with Crippen LogP contribution < -0.4 is 11.0 Å². The molecule has 2 aliphatic rings. The smallest absolute Gasteiger partial charge is 0.337 e. The summed E-state index contributed by atoms with van der Waals surface area (Å²) in [5.41, 5.74) is 1.12. The van der Waals surface area contributed by atoms with E-state index in [0.29, 0.717) is 23.9 Å². The number of imidazole rings is 1. The van der Waals surface area contributed by atoms with Crippen LogP contribution in [0.3, 0.4) is 0 Å². The van der Waals surface area contributed by atoms with E-state index in [-0.39, 0.29) is 23.7 Å². The summed E-state index contributed by atoms with van der Waals surface area (Å²) in [5.74, 6) is 0.203. The van der Waals surface area contributed by atoms with Crippen LogP contribution >= 0.6 is 0 Å². The number of hydrogen-bond acceptors (Lipinski definition) is 4. The minimum Gasteiger partial charge on any atom is -0.481 e. The Bertz CT molecular complexity index is 1040. The zero-order valence-corrected chi connectivity index (χ0v) is 19.7. The Labute approximate surface area is 194 Å². The Morgan fingerprint density at radius 2 is 1.64 bits per heavy atom. The molecule has 8 nitrogen and oxygen atoms in total. The normalized spacial score (nSPS) is 22.6. The number of likely N-dealkylation sites (tertiary alicyclic amines) is 1. The van der Waals surface area contributed by atoms with Crippen molar-refractivity contribution in [1.29, 1.82) is 0 Å². The minimum absolute atomic E-state index is 0.0278. The summed E-state index contributed by atoms with van der Waals surface area (Å²) in [7, 11) is 0. The minimum atomic E-state index is -0.646. The molecule has 2 N–H and O–H groups in total. The highest BCUT2D eigenvalue weighted by Crippen LogP contribution is 2.30. The fraction of sp³-hybridized carbons (Fsp3) is 0.640. The van der Waals surface area contributed by atoms with Gasteiger partial charge >= 0.3 is 17.7 Å². The van der Waals surface area contributed by atoms with Crippen molar-refractivity contribution in [2.75, 3.05) is 26.2 Å². The van der Waals surface area contributed by atoms with E-state index in [1.807, 2.05) is 38.1 Å². The van der Waals surface area contributed by atoms with Crippen molar-refractivity contribution in [3.05, 3.63) is 34.7 Å². The molecular formula is C25H36N4O4. The number of carbonyl (C=O) groups is 2. The van der Waals surface area contributed by atoms with Crippen molar-refractivity contribution in [2.45, 2.75) is 58.4 Å². The monoisotopic (exact) mass is 456 g/mol. The van der Waals surface area contributed by atoms with E-state index in [0.717, 1.165) is 63.7 Å². The largest absolute Gasteiger partial charge is 0.481 e. The third kappa shape index (κ3) is 5.16. The van der Waals surface area contributed by atoms with Gasteiger partial charge in [0.15, 0.2) is 0 Å². The molecule has 1 aromatic carbocycles. The van der Waals surface area contributed by atoms with Crippen LogP contribution in [0.1, 0.15) is 58.4 Å². The van der Waals surface area contributed by atoms with Gasteiger partial charge in [0, 0.05) is 19.1 Å². The number of piperidine rings is 1. The summed E-state index contributed by atoms with van der Waals surface area (Å²) in [6, 6.07) is 7.05. The van der Waals surface area contributed by atoms with Crippen LogP contribution in [-0.2, 0) is 4.79 Å². The van der Waals surface area contributed by atoms with Gasteiger partial charge in [-0.2, -0.15) is 0 Å². The lowest BCUT2D eigenvalue weighted by atomic mass is 9.81. The third-order valence-electron chi connectivity index (χ3n) is 7.46. The second-order valence-electron chi connectivity index (χ2n) is 10.1. The van der Waals surface area contributed by atoms with Crippen LogP contribution in [0.15, 0.2) is 29.1 Å². The number of hydrogen-bond donors (Lipinski definition) is 2. The van der Waals surface area contributed by atoms with Crippen LogP contribution in [0.2, 0.25) is 0 Å². The maximum absolute atomic E-state index is 12.9. The fourth-order valence-electron chi connectivity index (χ4n) is 5.51. The Morgan fingerprint density at radius 3 is 2.24 bits per heavy atom. The molecule has 1 aromatic heterocycles. The first kappa shape index (κ1) is 23.5. The number of carboxylic acids is 1. The first-order chi connectivity index (χ1) is 15.8. The predicted octanol–water partition coefficient (Wildman–Crippen LogP) is 3.54. The standard InChI is InChI=1S/C25H36N4O4/c1-17(2)28-21-5-3-4-6-22(21)29(25(28)33)24(32)26-15-18-11-13-27(14-12-18)16-19-7-9-20(10-8-19)23(30)31/h3-6,17-20H,7-16H2,1-2H3,(H,26,32)(H,30,31). The lowest BCUT2D eigenvalue weighted by Crippen LogP contribution is -2.43. The van der Waals surface area contributed by atoms with Crippen LogP contribution in [0.25, 0.3) is 11.0 Å². The number of carboxylic acid groups (broad SMARTS) is 1. The second-order valence-corrected chi connectivity index (χ2v) is 10.1. The van der Waals surface area contributed by atoms with E-state index < -0.39 is 5.97 Å². The summed E-state index contributed by atoms with van der Waals surface area (Å²) in [6.45, 7) is 7.53. The lowest BCUT2D eigenvalue weighted by molar-refractivity contribution is -0.143. The number of aliphatic carboxylic acids is 1. The van der Waals surface area contributed by atoms with Crippen molar-refractivity contribution < 1.29 is 14.7 Å². The molecule has 0 bridgehead atoms. The van der Waals surface area contributed by atoms with Gasteiger partial charge in [-0.3, -0.25) is 9.36 Å². The Morgan fingerprint density at radius 1 is 1.00 bits per heavy atom. The van der Waals surface area contributed by atoms with E-state index in [9.17, 15) is 14.4 Å². The highest BCUT2D eigenvalue weighted by atomic mass is 16.4. The number of rotatable bonds is 6. The summed E-state index contributed by atoms with van der Waals surface area (Å²) < 4.78 is 2.93. The average Bonchev–Trinajstić information content (AvgIpc) is 3.10. The van der Waals surface area contributed by atoms with Crippen LogP contribution in [0.4, 0.5) is 4.79 Å². The molecule has 0 unspecified atom stereocenters. The molecule has 1 saturated heterocycles. The molecule has 180 valence electrons. The molecule has 4 rings (SSSR count). The van der Waals surface area contributed by atoms with Gasteiger partial charge in [-0.05, 0) is 89.4 Å². The van der Waals surface area contributed by atoms with Gasteiger partial charge in [0.1, 0.15) is 0 Å². The summed E-state index contributed by atoms with van der Waals surface area (Å²) in [6.07, 6.45) is 5.66. The van der Waals surface area contributed by atoms with Crippen LogP contribution in [0.5, 0.6) is 0 Å². The van der Waals surface area contributed by atoms with Crippen molar-refractivity contribution >= 4 is 23.0 Å². The first-order valence-corrected chi connectivity index (χ1v) is 12.3. The second kappa shape index (κ2) is 10.1. The molecule has 0 radical (unpaired) electrons. The number of nitrogens with zero attached hydrogens (tertiary/aromatic N) is 3. The van der Waals surface area contributed by atoms with Gasteiger partial charge < -0.3 is 15.3 Å². The van der Waals surface area contributed by atoms with Gasteiger partial charge in [-0.15, -0.1) is 0 Å². The third-order valence-corrected chi connectivity index (χ3v) is 7.46. The number of aromatic nitrogens is 2. The quantitative estimate of drug-likeness (QED) is 0.693. The van der Waals surface area contributed by atoms with Crippen molar-refractivity contribution in [3.8, 4) is 0 Å². The van der Waals surface area contributed by atoms with E-state index >= 15 is 0 Å². The van der Waals surface area contributed by atoms with E-state index in [2.05, 4.69) is 10.2 Å². The van der Waals surface area contributed by atoms with Gasteiger partial charge in [-0.25, -0.2) is 14.2 Å². The number of benzene rings is 1.